The highest BCUT2D eigenvalue weighted by molar-refractivity contribution is 5.03. The fraction of sp³-hybridized carbons (Fsp3) is 0.920. The normalized spacial score (nSPS) is 39.4. The molecule has 25 heavy (non-hydrogen) atoms. The Kier molecular flexibility index (Phi) is 7.93. The summed E-state index contributed by atoms with van der Waals surface area (Å²) < 4.78 is 0. The van der Waals surface area contributed by atoms with E-state index in [9.17, 15) is 0 Å². The number of allylic oxidation sites excluding steroid dienone is 2. The standard InChI is InChI=1S/C25H44/c1-3-5-6-7-21-10-14-23(15-11-21)25-18-16-24(17-19-25)22-12-8-20(4-2)9-13-22/h16,18,20-25H,3-15,17,19H2,1-2H3. The summed E-state index contributed by atoms with van der Waals surface area (Å²) in [6.45, 7) is 4.71. The van der Waals surface area contributed by atoms with Gasteiger partial charge in [-0.3, -0.25) is 0 Å². The Morgan fingerprint density at radius 1 is 0.600 bits per heavy atom. The molecule has 0 bridgehead atoms. The second-order valence-electron chi connectivity index (χ2n) is 9.76. The topological polar surface area (TPSA) is 0 Å². The van der Waals surface area contributed by atoms with E-state index in [0.717, 1.165) is 35.5 Å². The summed E-state index contributed by atoms with van der Waals surface area (Å²) in [5.74, 6) is 6.02. The van der Waals surface area contributed by atoms with Crippen LogP contribution in [0.4, 0.5) is 0 Å². The SMILES string of the molecule is CCCCCC1CCC(C2C=CC(C3CCC(CC)CC3)CC2)CC1. The predicted octanol–water partition coefficient (Wildman–Crippen LogP) is 8.17. The summed E-state index contributed by atoms with van der Waals surface area (Å²) in [5, 5.41) is 0. The summed E-state index contributed by atoms with van der Waals surface area (Å²) in [5.41, 5.74) is 0. The summed E-state index contributed by atoms with van der Waals surface area (Å²) in [4.78, 5) is 0. The van der Waals surface area contributed by atoms with Crippen LogP contribution >= 0.6 is 0 Å². The van der Waals surface area contributed by atoms with Crippen molar-refractivity contribution in [2.24, 2.45) is 35.5 Å². The van der Waals surface area contributed by atoms with Crippen molar-refractivity contribution < 1.29 is 0 Å². The Bertz CT molecular complexity index is 379. The first kappa shape index (κ1) is 19.5. The van der Waals surface area contributed by atoms with Gasteiger partial charge in [-0.1, -0.05) is 83.8 Å². The molecule has 0 radical (unpaired) electrons. The molecule has 0 aromatic carbocycles. The third-order valence-electron chi connectivity index (χ3n) is 8.23. The van der Waals surface area contributed by atoms with Crippen molar-refractivity contribution in [3.05, 3.63) is 12.2 Å². The van der Waals surface area contributed by atoms with Gasteiger partial charge in [0.25, 0.3) is 0 Å². The molecule has 0 spiro atoms. The molecular formula is C25H44. The molecule has 3 aliphatic rings. The van der Waals surface area contributed by atoms with Crippen molar-refractivity contribution >= 4 is 0 Å². The van der Waals surface area contributed by atoms with Crippen molar-refractivity contribution in [3.8, 4) is 0 Å². The van der Waals surface area contributed by atoms with Gasteiger partial charge < -0.3 is 0 Å². The van der Waals surface area contributed by atoms with Gasteiger partial charge in [-0.25, -0.2) is 0 Å². The molecule has 144 valence electrons. The van der Waals surface area contributed by atoms with Crippen LogP contribution in [0.5, 0.6) is 0 Å². The van der Waals surface area contributed by atoms with Crippen LogP contribution in [0.2, 0.25) is 0 Å². The molecule has 0 amide bonds. The van der Waals surface area contributed by atoms with Crippen LogP contribution < -0.4 is 0 Å². The van der Waals surface area contributed by atoms with Crippen molar-refractivity contribution in [3.63, 3.8) is 0 Å². The molecule has 0 heterocycles. The van der Waals surface area contributed by atoms with Crippen LogP contribution in [0, 0.1) is 35.5 Å². The third-order valence-corrected chi connectivity index (χ3v) is 8.23. The molecule has 0 N–H and O–H groups in total. The van der Waals surface area contributed by atoms with E-state index >= 15 is 0 Å². The lowest BCUT2D eigenvalue weighted by Gasteiger charge is -2.38. The molecule has 2 unspecified atom stereocenters. The van der Waals surface area contributed by atoms with Crippen LogP contribution in [0.1, 0.15) is 110 Å². The molecule has 2 fully saturated rings. The van der Waals surface area contributed by atoms with Gasteiger partial charge in [-0.15, -0.1) is 0 Å². The van der Waals surface area contributed by atoms with Crippen molar-refractivity contribution in [1.29, 1.82) is 0 Å². The zero-order chi connectivity index (χ0) is 17.5. The van der Waals surface area contributed by atoms with Gasteiger partial charge in [0.05, 0.1) is 0 Å². The highest BCUT2D eigenvalue weighted by atomic mass is 14.4. The zero-order valence-corrected chi connectivity index (χ0v) is 17.2. The van der Waals surface area contributed by atoms with Gasteiger partial charge >= 0.3 is 0 Å². The average molecular weight is 345 g/mol. The molecule has 3 aliphatic carbocycles. The van der Waals surface area contributed by atoms with Crippen LogP contribution in [-0.2, 0) is 0 Å². The van der Waals surface area contributed by atoms with E-state index in [1.807, 2.05) is 0 Å². The first-order chi connectivity index (χ1) is 12.3. The van der Waals surface area contributed by atoms with Crippen molar-refractivity contribution in [2.75, 3.05) is 0 Å². The molecule has 0 saturated heterocycles. The molecule has 2 atom stereocenters. The van der Waals surface area contributed by atoms with E-state index in [2.05, 4.69) is 26.0 Å². The minimum absolute atomic E-state index is 0.930. The quantitative estimate of drug-likeness (QED) is 0.322. The third kappa shape index (κ3) is 5.61. The summed E-state index contributed by atoms with van der Waals surface area (Å²) in [6.07, 6.45) is 27.8. The maximum atomic E-state index is 2.68. The number of unbranched alkanes of at least 4 members (excludes halogenated alkanes) is 2. The van der Waals surface area contributed by atoms with Crippen LogP contribution in [-0.4, -0.2) is 0 Å². The summed E-state index contributed by atoms with van der Waals surface area (Å²) in [7, 11) is 0. The van der Waals surface area contributed by atoms with Crippen molar-refractivity contribution in [1.82, 2.24) is 0 Å². The maximum absolute atomic E-state index is 2.68. The fourth-order valence-electron chi connectivity index (χ4n) is 6.26. The number of rotatable bonds is 7. The van der Waals surface area contributed by atoms with Crippen LogP contribution in [0.25, 0.3) is 0 Å². The highest BCUT2D eigenvalue weighted by Gasteiger charge is 2.31. The molecule has 0 heteroatoms. The number of hydrogen-bond donors (Lipinski definition) is 0. The Morgan fingerprint density at radius 2 is 1.12 bits per heavy atom. The van der Waals surface area contributed by atoms with Gasteiger partial charge in [0.1, 0.15) is 0 Å². The predicted molar refractivity (Wildman–Crippen MR) is 111 cm³/mol. The van der Waals surface area contributed by atoms with E-state index in [1.165, 1.54) is 96.3 Å². The smallest absolute Gasteiger partial charge is 0.0205 e. The molecular weight excluding hydrogens is 300 g/mol. The highest BCUT2D eigenvalue weighted by Crippen LogP contribution is 2.43. The van der Waals surface area contributed by atoms with E-state index in [-0.39, 0.29) is 0 Å². The Labute approximate surface area is 158 Å². The summed E-state index contributed by atoms with van der Waals surface area (Å²) >= 11 is 0. The maximum Gasteiger partial charge on any atom is -0.0205 e. The lowest BCUT2D eigenvalue weighted by atomic mass is 9.67. The monoisotopic (exact) mass is 344 g/mol. The Morgan fingerprint density at radius 3 is 1.56 bits per heavy atom. The van der Waals surface area contributed by atoms with Gasteiger partial charge in [0, 0.05) is 0 Å². The molecule has 0 aromatic heterocycles. The molecule has 0 aliphatic heterocycles. The lowest BCUT2D eigenvalue weighted by molar-refractivity contribution is 0.177. The zero-order valence-electron chi connectivity index (χ0n) is 17.2. The van der Waals surface area contributed by atoms with Crippen molar-refractivity contribution in [2.45, 2.75) is 110 Å². The Balaban J connectivity index is 1.38. The largest absolute Gasteiger partial charge is 0.0849 e. The Hall–Kier alpha value is -0.260. The van der Waals surface area contributed by atoms with Gasteiger partial charge in [0.15, 0.2) is 0 Å². The molecule has 2 saturated carbocycles. The average Bonchev–Trinajstić information content (AvgIpc) is 2.69. The minimum Gasteiger partial charge on any atom is -0.0849 e. The van der Waals surface area contributed by atoms with E-state index < -0.39 is 0 Å². The van der Waals surface area contributed by atoms with Gasteiger partial charge in [0.2, 0.25) is 0 Å². The first-order valence-corrected chi connectivity index (χ1v) is 12.0. The van der Waals surface area contributed by atoms with Crippen LogP contribution in [0.3, 0.4) is 0 Å². The first-order valence-electron chi connectivity index (χ1n) is 12.0. The summed E-state index contributed by atoms with van der Waals surface area (Å²) in [6, 6.07) is 0. The van der Waals surface area contributed by atoms with E-state index in [0.29, 0.717) is 0 Å². The molecule has 0 nitrogen and oxygen atoms in total. The minimum atomic E-state index is 0.930. The lowest BCUT2D eigenvalue weighted by Crippen LogP contribution is -2.26. The van der Waals surface area contributed by atoms with E-state index in [1.54, 1.807) is 0 Å². The fourth-order valence-corrected chi connectivity index (χ4v) is 6.26. The van der Waals surface area contributed by atoms with E-state index in [4.69, 9.17) is 0 Å². The van der Waals surface area contributed by atoms with Gasteiger partial charge in [-0.2, -0.15) is 0 Å². The van der Waals surface area contributed by atoms with Crippen LogP contribution in [0.15, 0.2) is 12.2 Å². The molecule has 3 rings (SSSR count). The van der Waals surface area contributed by atoms with Gasteiger partial charge in [-0.05, 0) is 74.0 Å². The second-order valence-corrected chi connectivity index (χ2v) is 9.76. The second kappa shape index (κ2) is 10.2. The number of hydrogen-bond acceptors (Lipinski definition) is 0. The molecule has 0 aromatic rings.